The number of aliphatic hydroxyl groups excluding tert-OH is 1. The molecule has 1 N–H and O–H groups in total. The third-order valence-electron chi connectivity index (χ3n) is 1.88. The van der Waals surface area contributed by atoms with E-state index in [4.69, 9.17) is 0 Å². The Morgan fingerprint density at radius 1 is 1.36 bits per heavy atom. The van der Waals surface area contributed by atoms with Crippen LogP contribution in [-0.2, 0) is 0 Å². The summed E-state index contributed by atoms with van der Waals surface area (Å²) in [6.07, 6.45) is 2.97. The Balaban J connectivity index is 2.34. The van der Waals surface area contributed by atoms with Gasteiger partial charge in [0.2, 0.25) is 0 Å². The molecule has 0 amide bonds. The molecular weight excluding hydrogens is 196 g/mol. The Hall–Kier alpha value is -1.26. The second-order valence-corrected chi connectivity index (χ2v) is 3.85. The van der Waals surface area contributed by atoms with Crippen LogP contribution in [0.3, 0.4) is 0 Å². The van der Waals surface area contributed by atoms with Crippen molar-refractivity contribution in [3.63, 3.8) is 0 Å². The van der Waals surface area contributed by atoms with Crippen LogP contribution in [0.1, 0.15) is 18.7 Å². The monoisotopic (exact) mass is 206 g/mol. The van der Waals surface area contributed by atoms with Crippen LogP contribution in [-0.4, -0.2) is 15.1 Å². The summed E-state index contributed by atoms with van der Waals surface area (Å²) in [4.78, 5) is 8.26. The highest BCUT2D eigenvalue weighted by Gasteiger charge is 2.07. The van der Waals surface area contributed by atoms with E-state index in [1.165, 1.54) is 11.3 Å². The summed E-state index contributed by atoms with van der Waals surface area (Å²) in [6, 6.07) is 3.81. The highest BCUT2D eigenvalue weighted by Crippen LogP contribution is 2.25. The normalized spacial score (nSPS) is 12.7. The molecule has 0 aliphatic rings. The summed E-state index contributed by atoms with van der Waals surface area (Å²) < 4.78 is 0. The Labute approximate surface area is 86.1 Å². The highest BCUT2D eigenvalue weighted by molar-refractivity contribution is 7.13. The van der Waals surface area contributed by atoms with E-state index < -0.39 is 6.10 Å². The second-order valence-electron chi connectivity index (χ2n) is 2.99. The van der Waals surface area contributed by atoms with Crippen molar-refractivity contribution < 1.29 is 5.11 Å². The van der Waals surface area contributed by atoms with Crippen molar-refractivity contribution >= 4 is 11.3 Å². The van der Waals surface area contributed by atoms with Gasteiger partial charge in [0.15, 0.2) is 0 Å². The zero-order valence-electron chi connectivity index (χ0n) is 7.71. The van der Waals surface area contributed by atoms with Gasteiger partial charge in [0.25, 0.3) is 0 Å². The average Bonchev–Trinajstić information content (AvgIpc) is 2.68. The van der Waals surface area contributed by atoms with Crippen molar-refractivity contribution in [3.05, 3.63) is 35.6 Å². The quantitative estimate of drug-likeness (QED) is 0.819. The summed E-state index contributed by atoms with van der Waals surface area (Å²) in [7, 11) is 0. The minimum absolute atomic E-state index is 0.498. The number of aromatic nitrogens is 2. The Morgan fingerprint density at radius 2 is 2.07 bits per heavy atom. The molecule has 0 fully saturated rings. The maximum atomic E-state index is 9.32. The first-order valence-electron chi connectivity index (χ1n) is 4.31. The van der Waals surface area contributed by atoms with Crippen molar-refractivity contribution in [1.29, 1.82) is 0 Å². The molecule has 1 unspecified atom stereocenters. The number of hydrogen-bond acceptors (Lipinski definition) is 4. The molecule has 72 valence electrons. The minimum Gasteiger partial charge on any atom is -0.387 e. The van der Waals surface area contributed by atoms with Crippen molar-refractivity contribution in [2.24, 2.45) is 0 Å². The van der Waals surface area contributed by atoms with Gasteiger partial charge < -0.3 is 5.11 Å². The fourth-order valence-corrected chi connectivity index (χ4v) is 2.02. The van der Waals surface area contributed by atoms with E-state index in [9.17, 15) is 5.11 Å². The van der Waals surface area contributed by atoms with Crippen LogP contribution >= 0.6 is 11.3 Å². The van der Waals surface area contributed by atoms with E-state index in [0.29, 0.717) is 0 Å². The fourth-order valence-electron chi connectivity index (χ4n) is 1.11. The smallest absolute Gasteiger partial charge is 0.123 e. The molecule has 4 heteroatoms. The molecule has 3 nitrogen and oxygen atoms in total. The lowest BCUT2D eigenvalue weighted by molar-refractivity contribution is 0.195. The molecule has 0 saturated carbocycles. The number of thiazole rings is 1. The second kappa shape index (κ2) is 3.86. The summed E-state index contributed by atoms with van der Waals surface area (Å²) in [5.41, 5.74) is 1.76. The van der Waals surface area contributed by atoms with Gasteiger partial charge in [0.1, 0.15) is 5.01 Å². The molecule has 0 radical (unpaired) electrons. The molecule has 1 atom stereocenters. The van der Waals surface area contributed by atoms with Crippen LogP contribution in [0.5, 0.6) is 0 Å². The molecule has 0 spiro atoms. The summed E-state index contributed by atoms with van der Waals surface area (Å²) >= 11 is 1.53. The molecular formula is C10H10N2OS. The van der Waals surface area contributed by atoms with Crippen LogP contribution in [0, 0.1) is 0 Å². The van der Waals surface area contributed by atoms with Crippen LogP contribution in [0.25, 0.3) is 10.6 Å². The molecule has 2 rings (SSSR count). The zero-order valence-corrected chi connectivity index (χ0v) is 8.53. The van der Waals surface area contributed by atoms with E-state index in [1.807, 2.05) is 17.5 Å². The lowest BCUT2D eigenvalue weighted by Crippen LogP contribution is -1.90. The first-order valence-corrected chi connectivity index (χ1v) is 5.19. The minimum atomic E-state index is -0.498. The first kappa shape index (κ1) is 9.30. The summed E-state index contributed by atoms with van der Waals surface area (Å²) in [5.74, 6) is 0. The van der Waals surface area contributed by atoms with Crippen molar-refractivity contribution in [2.45, 2.75) is 13.0 Å². The maximum Gasteiger partial charge on any atom is 0.123 e. The molecule has 2 heterocycles. The van der Waals surface area contributed by atoms with E-state index in [0.717, 1.165) is 16.3 Å². The van der Waals surface area contributed by atoms with E-state index in [1.54, 1.807) is 19.3 Å². The standard InChI is InChI=1S/C10H10N2OS/c1-7(13)9-6-14-10(12-9)8-2-4-11-5-3-8/h2-7,13H,1H3. The van der Waals surface area contributed by atoms with Crippen molar-refractivity contribution in [3.8, 4) is 10.6 Å². The average molecular weight is 206 g/mol. The molecule has 0 aliphatic carbocycles. The van der Waals surface area contributed by atoms with Gasteiger partial charge in [-0.3, -0.25) is 4.98 Å². The van der Waals surface area contributed by atoms with Crippen LogP contribution in [0.2, 0.25) is 0 Å². The van der Waals surface area contributed by atoms with Crippen LogP contribution in [0.15, 0.2) is 29.9 Å². The third-order valence-corrected chi connectivity index (χ3v) is 2.79. The van der Waals surface area contributed by atoms with Crippen molar-refractivity contribution in [2.75, 3.05) is 0 Å². The fraction of sp³-hybridized carbons (Fsp3) is 0.200. The van der Waals surface area contributed by atoms with E-state index in [-0.39, 0.29) is 0 Å². The third kappa shape index (κ3) is 1.81. The summed E-state index contributed by atoms with van der Waals surface area (Å²) in [6.45, 7) is 1.71. The van der Waals surface area contributed by atoms with Gasteiger partial charge in [-0.05, 0) is 19.1 Å². The topological polar surface area (TPSA) is 46.0 Å². The molecule has 2 aromatic rings. The van der Waals surface area contributed by atoms with Crippen molar-refractivity contribution in [1.82, 2.24) is 9.97 Å². The van der Waals surface area contributed by atoms with Gasteiger partial charge in [0.05, 0.1) is 11.8 Å². The number of hydrogen-bond donors (Lipinski definition) is 1. The van der Waals surface area contributed by atoms with Gasteiger partial charge >= 0.3 is 0 Å². The maximum absolute atomic E-state index is 9.32. The molecule has 2 aromatic heterocycles. The number of pyridine rings is 1. The Morgan fingerprint density at radius 3 is 2.64 bits per heavy atom. The molecule has 0 saturated heterocycles. The van der Waals surface area contributed by atoms with Crippen LogP contribution < -0.4 is 0 Å². The van der Waals surface area contributed by atoms with Crippen LogP contribution in [0.4, 0.5) is 0 Å². The Bertz CT molecular complexity index is 411. The van der Waals surface area contributed by atoms with Gasteiger partial charge in [-0.25, -0.2) is 4.98 Å². The number of aliphatic hydroxyl groups is 1. The number of rotatable bonds is 2. The van der Waals surface area contributed by atoms with Gasteiger partial charge in [-0.2, -0.15) is 0 Å². The molecule has 0 bridgehead atoms. The largest absolute Gasteiger partial charge is 0.387 e. The molecule has 14 heavy (non-hydrogen) atoms. The first-order chi connectivity index (χ1) is 6.77. The lowest BCUT2D eigenvalue weighted by Gasteiger charge is -1.97. The summed E-state index contributed by atoms with van der Waals surface area (Å²) in [5, 5.41) is 12.1. The predicted octanol–water partition coefficient (Wildman–Crippen LogP) is 2.26. The van der Waals surface area contributed by atoms with E-state index >= 15 is 0 Å². The SMILES string of the molecule is CC(O)c1csc(-c2ccncc2)n1. The van der Waals surface area contributed by atoms with Gasteiger partial charge in [-0.1, -0.05) is 0 Å². The molecule has 0 aliphatic heterocycles. The highest BCUT2D eigenvalue weighted by atomic mass is 32.1. The lowest BCUT2D eigenvalue weighted by atomic mass is 10.3. The number of nitrogens with zero attached hydrogens (tertiary/aromatic N) is 2. The molecule has 0 aromatic carbocycles. The Kier molecular flexibility index (Phi) is 2.56. The van der Waals surface area contributed by atoms with Gasteiger partial charge in [0, 0.05) is 23.3 Å². The zero-order chi connectivity index (χ0) is 9.97. The predicted molar refractivity (Wildman–Crippen MR) is 56.0 cm³/mol. The van der Waals surface area contributed by atoms with Gasteiger partial charge in [-0.15, -0.1) is 11.3 Å². The van der Waals surface area contributed by atoms with E-state index in [2.05, 4.69) is 9.97 Å².